The maximum absolute atomic E-state index is 3.64. The molecule has 0 aromatic rings. The molecule has 1 saturated carbocycles. The Morgan fingerprint density at radius 2 is 1.92 bits per heavy atom. The first-order chi connectivity index (χ1) is 6.34. The van der Waals surface area contributed by atoms with Crippen molar-refractivity contribution >= 4 is 0 Å². The van der Waals surface area contributed by atoms with Gasteiger partial charge in [-0.25, -0.2) is 0 Å². The van der Waals surface area contributed by atoms with Crippen molar-refractivity contribution < 1.29 is 0 Å². The van der Waals surface area contributed by atoms with Crippen molar-refractivity contribution in [2.75, 3.05) is 19.6 Å². The zero-order valence-corrected chi connectivity index (χ0v) is 9.10. The molecule has 1 rings (SSSR count). The van der Waals surface area contributed by atoms with Gasteiger partial charge >= 0.3 is 0 Å². The van der Waals surface area contributed by atoms with E-state index in [9.17, 15) is 0 Å². The molecule has 0 saturated heterocycles. The van der Waals surface area contributed by atoms with Gasteiger partial charge in [0.2, 0.25) is 0 Å². The summed E-state index contributed by atoms with van der Waals surface area (Å²) in [4.78, 5) is 0. The van der Waals surface area contributed by atoms with Crippen molar-refractivity contribution in [2.24, 2.45) is 5.92 Å². The first kappa shape index (κ1) is 11.0. The molecule has 0 bridgehead atoms. The van der Waals surface area contributed by atoms with Crippen molar-refractivity contribution in [1.82, 2.24) is 10.6 Å². The van der Waals surface area contributed by atoms with Gasteiger partial charge in [0.15, 0.2) is 0 Å². The van der Waals surface area contributed by atoms with Crippen molar-refractivity contribution in [2.45, 2.75) is 45.6 Å². The van der Waals surface area contributed by atoms with E-state index < -0.39 is 0 Å². The number of nitrogens with one attached hydrogen (secondary N) is 2. The number of hydrogen-bond acceptors (Lipinski definition) is 2. The molecule has 1 aliphatic carbocycles. The van der Waals surface area contributed by atoms with Gasteiger partial charge in [0, 0.05) is 19.1 Å². The molecule has 0 aromatic heterocycles. The van der Waals surface area contributed by atoms with Crippen LogP contribution in [0.15, 0.2) is 0 Å². The van der Waals surface area contributed by atoms with Crippen LogP contribution in [0.3, 0.4) is 0 Å². The van der Waals surface area contributed by atoms with E-state index in [0.29, 0.717) is 0 Å². The Morgan fingerprint density at radius 3 is 2.62 bits per heavy atom. The van der Waals surface area contributed by atoms with E-state index in [1.165, 1.54) is 25.7 Å². The van der Waals surface area contributed by atoms with E-state index in [0.717, 1.165) is 31.6 Å². The Balaban J connectivity index is 2.05. The van der Waals surface area contributed by atoms with Gasteiger partial charge in [-0.05, 0) is 25.3 Å². The van der Waals surface area contributed by atoms with Gasteiger partial charge in [0.25, 0.3) is 0 Å². The largest absolute Gasteiger partial charge is 0.316 e. The summed E-state index contributed by atoms with van der Waals surface area (Å²) in [5.41, 5.74) is 0. The minimum atomic E-state index is 0.785. The Hall–Kier alpha value is -0.0800. The number of hydrogen-bond donors (Lipinski definition) is 2. The maximum Gasteiger partial charge on any atom is 0.00932 e. The molecule has 1 fully saturated rings. The quantitative estimate of drug-likeness (QED) is 0.636. The fraction of sp³-hybridized carbons (Fsp3) is 1.00. The van der Waals surface area contributed by atoms with Gasteiger partial charge < -0.3 is 10.6 Å². The summed E-state index contributed by atoms with van der Waals surface area (Å²) in [7, 11) is 0. The van der Waals surface area contributed by atoms with E-state index in [1.807, 2.05) is 0 Å². The second-order valence-electron chi connectivity index (χ2n) is 4.18. The molecular formula is C11H24N2. The molecule has 2 atom stereocenters. The van der Waals surface area contributed by atoms with Gasteiger partial charge in [-0.2, -0.15) is 0 Å². The molecule has 2 unspecified atom stereocenters. The lowest BCUT2D eigenvalue weighted by molar-refractivity contribution is 0.281. The molecule has 0 radical (unpaired) electrons. The van der Waals surface area contributed by atoms with Gasteiger partial charge in [0.05, 0.1) is 0 Å². The van der Waals surface area contributed by atoms with Crippen LogP contribution < -0.4 is 10.6 Å². The highest BCUT2D eigenvalue weighted by Crippen LogP contribution is 2.23. The molecule has 0 spiro atoms. The predicted octanol–water partition coefficient (Wildman–Crippen LogP) is 1.76. The average molecular weight is 184 g/mol. The van der Waals surface area contributed by atoms with Crippen molar-refractivity contribution in [3.63, 3.8) is 0 Å². The standard InChI is InChI=1S/C11H24N2/c1-3-12-8-9-13-11-7-5-4-6-10(11)2/h10-13H,3-9H2,1-2H3. The molecule has 78 valence electrons. The summed E-state index contributed by atoms with van der Waals surface area (Å²) in [6.45, 7) is 7.86. The summed E-state index contributed by atoms with van der Waals surface area (Å²) in [6, 6.07) is 0.785. The zero-order chi connectivity index (χ0) is 9.52. The summed E-state index contributed by atoms with van der Waals surface area (Å²) >= 11 is 0. The van der Waals surface area contributed by atoms with Crippen LogP contribution in [0.2, 0.25) is 0 Å². The minimum absolute atomic E-state index is 0.785. The van der Waals surface area contributed by atoms with E-state index >= 15 is 0 Å². The second-order valence-corrected chi connectivity index (χ2v) is 4.18. The number of likely N-dealkylation sites (N-methyl/N-ethyl adjacent to an activating group) is 1. The summed E-state index contributed by atoms with van der Waals surface area (Å²) in [5, 5.41) is 6.98. The lowest BCUT2D eigenvalue weighted by Gasteiger charge is -2.29. The Labute approximate surface area is 82.5 Å². The topological polar surface area (TPSA) is 24.1 Å². The molecule has 13 heavy (non-hydrogen) atoms. The van der Waals surface area contributed by atoms with Crippen LogP contribution in [0.4, 0.5) is 0 Å². The van der Waals surface area contributed by atoms with Crippen molar-refractivity contribution in [3.8, 4) is 0 Å². The van der Waals surface area contributed by atoms with Crippen LogP contribution in [0.1, 0.15) is 39.5 Å². The third-order valence-electron chi connectivity index (χ3n) is 3.07. The highest BCUT2D eigenvalue weighted by atomic mass is 15.0. The van der Waals surface area contributed by atoms with Gasteiger partial charge in [-0.15, -0.1) is 0 Å². The van der Waals surface area contributed by atoms with Crippen molar-refractivity contribution in [3.05, 3.63) is 0 Å². The Bertz CT molecular complexity index is 125. The monoisotopic (exact) mass is 184 g/mol. The van der Waals surface area contributed by atoms with E-state index in [-0.39, 0.29) is 0 Å². The van der Waals surface area contributed by atoms with Gasteiger partial charge in [0.1, 0.15) is 0 Å². The van der Waals surface area contributed by atoms with Crippen LogP contribution in [0, 0.1) is 5.92 Å². The lowest BCUT2D eigenvalue weighted by atomic mass is 9.86. The molecule has 0 aromatic carbocycles. The summed E-state index contributed by atoms with van der Waals surface area (Å²) in [5.74, 6) is 0.885. The molecular weight excluding hydrogens is 160 g/mol. The van der Waals surface area contributed by atoms with E-state index in [1.54, 1.807) is 0 Å². The number of rotatable bonds is 5. The van der Waals surface area contributed by atoms with Crippen LogP contribution in [-0.4, -0.2) is 25.7 Å². The normalized spacial score (nSPS) is 29.1. The third-order valence-corrected chi connectivity index (χ3v) is 3.07. The third kappa shape index (κ3) is 4.10. The van der Waals surface area contributed by atoms with E-state index in [4.69, 9.17) is 0 Å². The fourth-order valence-corrected chi connectivity index (χ4v) is 2.14. The Kier molecular flexibility index (Phi) is 5.40. The van der Waals surface area contributed by atoms with E-state index in [2.05, 4.69) is 24.5 Å². The van der Waals surface area contributed by atoms with Crippen LogP contribution in [0.5, 0.6) is 0 Å². The van der Waals surface area contributed by atoms with Gasteiger partial charge in [-0.1, -0.05) is 26.7 Å². The second kappa shape index (κ2) is 6.39. The van der Waals surface area contributed by atoms with Crippen LogP contribution >= 0.6 is 0 Å². The smallest absolute Gasteiger partial charge is 0.00932 e. The van der Waals surface area contributed by atoms with Crippen LogP contribution in [-0.2, 0) is 0 Å². The summed E-state index contributed by atoms with van der Waals surface area (Å²) in [6.07, 6.45) is 5.65. The molecule has 1 aliphatic rings. The molecule has 2 heteroatoms. The molecule has 2 N–H and O–H groups in total. The minimum Gasteiger partial charge on any atom is -0.316 e. The highest BCUT2D eigenvalue weighted by molar-refractivity contribution is 4.77. The lowest BCUT2D eigenvalue weighted by Crippen LogP contribution is -2.40. The zero-order valence-electron chi connectivity index (χ0n) is 9.10. The molecule has 0 amide bonds. The molecule has 0 aliphatic heterocycles. The summed E-state index contributed by atoms with van der Waals surface area (Å²) < 4.78 is 0. The Morgan fingerprint density at radius 1 is 1.15 bits per heavy atom. The first-order valence-corrected chi connectivity index (χ1v) is 5.78. The predicted molar refractivity (Wildman–Crippen MR) is 58.0 cm³/mol. The fourth-order valence-electron chi connectivity index (χ4n) is 2.14. The van der Waals surface area contributed by atoms with Crippen molar-refractivity contribution in [1.29, 1.82) is 0 Å². The highest BCUT2D eigenvalue weighted by Gasteiger charge is 2.19. The maximum atomic E-state index is 3.64. The molecule has 2 nitrogen and oxygen atoms in total. The van der Waals surface area contributed by atoms with Gasteiger partial charge in [-0.3, -0.25) is 0 Å². The molecule has 0 heterocycles. The first-order valence-electron chi connectivity index (χ1n) is 5.78. The average Bonchev–Trinajstić information content (AvgIpc) is 2.15. The van der Waals surface area contributed by atoms with Crippen LogP contribution in [0.25, 0.3) is 0 Å². The SMILES string of the molecule is CCNCCNC1CCCCC1C.